The maximum absolute atomic E-state index is 12.4. The molecule has 3 rings (SSSR count). The van der Waals surface area contributed by atoms with Crippen LogP contribution in [0.1, 0.15) is 69.4 Å². The van der Waals surface area contributed by atoms with Gasteiger partial charge in [0.25, 0.3) is 0 Å². The first-order valence-electron chi connectivity index (χ1n) is 9.82. The summed E-state index contributed by atoms with van der Waals surface area (Å²) in [6, 6.07) is 4.90. The minimum atomic E-state index is -4.61. The molecular weight excluding hydrogens is 325 g/mol. The Balaban J connectivity index is 1.55. The van der Waals surface area contributed by atoms with Gasteiger partial charge in [0.15, 0.2) is 0 Å². The van der Waals surface area contributed by atoms with Crippen molar-refractivity contribution in [2.24, 2.45) is 17.8 Å². The molecular formula is C21H29F3O. The van der Waals surface area contributed by atoms with Crippen molar-refractivity contribution in [2.45, 2.75) is 77.5 Å². The van der Waals surface area contributed by atoms with Crippen LogP contribution >= 0.6 is 0 Å². The maximum atomic E-state index is 12.4. The Hall–Kier alpha value is -1.19. The summed E-state index contributed by atoms with van der Waals surface area (Å²) in [7, 11) is 0. The van der Waals surface area contributed by atoms with E-state index in [-0.39, 0.29) is 5.75 Å². The molecule has 0 bridgehead atoms. The number of hydrogen-bond donors (Lipinski definition) is 0. The molecule has 25 heavy (non-hydrogen) atoms. The minimum Gasteiger partial charge on any atom is -0.406 e. The molecule has 0 spiro atoms. The Bertz CT molecular complexity index is 559. The summed E-state index contributed by atoms with van der Waals surface area (Å²) in [4.78, 5) is 0. The molecule has 0 heterocycles. The van der Waals surface area contributed by atoms with Crippen molar-refractivity contribution in [3.8, 4) is 5.75 Å². The molecule has 140 valence electrons. The second-order valence-electron chi connectivity index (χ2n) is 7.90. The number of ether oxygens (including phenoxy) is 1. The number of rotatable bonds is 5. The fourth-order valence-electron chi connectivity index (χ4n) is 4.80. The van der Waals surface area contributed by atoms with Crippen LogP contribution in [0.25, 0.3) is 0 Å². The van der Waals surface area contributed by atoms with E-state index in [9.17, 15) is 13.2 Å². The van der Waals surface area contributed by atoms with Crippen molar-refractivity contribution < 1.29 is 17.9 Å². The lowest BCUT2D eigenvalue weighted by Gasteiger charge is -2.36. The summed E-state index contributed by atoms with van der Waals surface area (Å²) >= 11 is 0. The first-order chi connectivity index (χ1) is 11.9. The van der Waals surface area contributed by atoms with Crippen LogP contribution in [0.3, 0.4) is 0 Å². The van der Waals surface area contributed by atoms with Crippen LogP contribution in [0.15, 0.2) is 18.2 Å². The second kappa shape index (κ2) is 8.01. The summed E-state index contributed by atoms with van der Waals surface area (Å²) in [5, 5.41) is 0. The van der Waals surface area contributed by atoms with Gasteiger partial charge in [0, 0.05) is 0 Å². The van der Waals surface area contributed by atoms with Crippen LogP contribution in [0.4, 0.5) is 13.2 Å². The van der Waals surface area contributed by atoms with Gasteiger partial charge in [-0.1, -0.05) is 45.1 Å². The van der Waals surface area contributed by atoms with Gasteiger partial charge in [-0.25, -0.2) is 0 Å². The number of unbranched alkanes of at least 4 members (excludes halogenated alkanes) is 1. The van der Waals surface area contributed by atoms with E-state index in [1.54, 1.807) is 6.07 Å². The summed E-state index contributed by atoms with van der Waals surface area (Å²) in [5.41, 5.74) is 2.26. The Morgan fingerprint density at radius 1 is 1.00 bits per heavy atom. The van der Waals surface area contributed by atoms with Gasteiger partial charge in [-0.2, -0.15) is 0 Å². The van der Waals surface area contributed by atoms with E-state index in [0.29, 0.717) is 5.92 Å². The summed E-state index contributed by atoms with van der Waals surface area (Å²) in [5.74, 6) is 2.35. The summed E-state index contributed by atoms with van der Waals surface area (Å²) in [6.45, 7) is 2.26. The van der Waals surface area contributed by atoms with Gasteiger partial charge < -0.3 is 4.74 Å². The smallest absolute Gasteiger partial charge is 0.406 e. The molecule has 0 amide bonds. The quantitative estimate of drug-likeness (QED) is 0.572. The first-order valence-corrected chi connectivity index (χ1v) is 9.82. The van der Waals surface area contributed by atoms with Gasteiger partial charge in [0.05, 0.1) is 0 Å². The van der Waals surface area contributed by atoms with Crippen molar-refractivity contribution in [1.82, 2.24) is 0 Å². The maximum Gasteiger partial charge on any atom is 0.573 e. The average molecular weight is 354 g/mol. The van der Waals surface area contributed by atoms with Crippen LogP contribution in [-0.4, -0.2) is 6.36 Å². The van der Waals surface area contributed by atoms with Crippen molar-refractivity contribution in [2.75, 3.05) is 0 Å². The van der Waals surface area contributed by atoms with Gasteiger partial charge in [0.1, 0.15) is 5.75 Å². The highest BCUT2D eigenvalue weighted by atomic mass is 19.4. The number of halogens is 3. The topological polar surface area (TPSA) is 9.23 Å². The number of hydrogen-bond acceptors (Lipinski definition) is 1. The standard InChI is InChI=1S/C21H29F3O/c1-2-3-4-15-5-7-16(8-6-15)17-9-10-19-14-20(25-21(22,23)24)12-11-18(19)13-17/h11-12,14-17H,2-10,13H2,1H3. The third-order valence-electron chi connectivity index (χ3n) is 6.20. The molecule has 1 saturated carbocycles. The van der Waals surface area contributed by atoms with E-state index in [1.165, 1.54) is 56.6 Å². The fourth-order valence-corrected chi connectivity index (χ4v) is 4.80. The van der Waals surface area contributed by atoms with Gasteiger partial charge in [-0.05, 0) is 73.1 Å². The van der Waals surface area contributed by atoms with Gasteiger partial charge in [-0.15, -0.1) is 13.2 Å². The molecule has 1 aromatic carbocycles. The van der Waals surface area contributed by atoms with Crippen molar-refractivity contribution in [3.63, 3.8) is 0 Å². The zero-order valence-corrected chi connectivity index (χ0v) is 15.1. The number of benzene rings is 1. The third-order valence-corrected chi connectivity index (χ3v) is 6.20. The Kier molecular flexibility index (Phi) is 5.96. The zero-order valence-electron chi connectivity index (χ0n) is 15.1. The largest absolute Gasteiger partial charge is 0.573 e. The molecule has 2 aliphatic rings. The number of fused-ring (bicyclic) bond motifs is 1. The van der Waals surface area contributed by atoms with E-state index >= 15 is 0 Å². The zero-order chi connectivity index (χ0) is 17.9. The van der Waals surface area contributed by atoms with E-state index < -0.39 is 6.36 Å². The normalized spacial score (nSPS) is 27.0. The summed E-state index contributed by atoms with van der Waals surface area (Å²) < 4.78 is 41.2. The van der Waals surface area contributed by atoms with Crippen LogP contribution < -0.4 is 4.74 Å². The molecule has 0 aromatic heterocycles. The van der Waals surface area contributed by atoms with E-state index in [2.05, 4.69) is 11.7 Å². The minimum absolute atomic E-state index is 0.0823. The molecule has 1 aromatic rings. The molecule has 0 saturated heterocycles. The highest BCUT2D eigenvalue weighted by molar-refractivity contribution is 5.37. The number of aryl methyl sites for hydroxylation is 1. The van der Waals surface area contributed by atoms with Crippen molar-refractivity contribution in [1.29, 1.82) is 0 Å². The van der Waals surface area contributed by atoms with Gasteiger partial charge in [0.2, 0.25) is 0 Å². The van der Waals surface area contributed by atoms with E-state index in [4.69, 9.17) is 0 Å². The van der Waals surface area contributed by atoms with Crippen LogP contribution in [0.5, 0.6) is 5.75 Å². The molecule has 1 atom stereocenters. The lowest BCUT2D eigenvalue weighted by Crippen LogP contribution is -2.26. The lowest BCUT2D eigenvalue weighted by molar-refractivity contribution is -0.274. The lowest BCUT2D eigenvalue weighted by atomic mass is 9.69. The van der Waals surface area contributed by atoms with Crippen LogP contribution in [-0.2, 0) is 12.8 Å². The van der Waals surface area contributed by atoms with Gasteiger partial charge >= 0.3 is 6.36 Å². The molecule has 0 N–H and O–H groups in total. The van der Waals surface area contributed by atoms with E-state index in [1.807, 2.05) is 6.07 Å². The first kappa shape index (κ1) is 18.6. The highest BCUT2D eigenvalue weighted by Crippen LogP contribution is 2.41. The van der Waals surface area contributed by atoms with Crippen molar-refractivity contribution in [3.05, 3.63) is 29.3 Å². The average Bonchev–Trinajstić information content (AvgIpc) is 2.58. The molecule has 1 nitrogen and oxygen atoms in total. The van der Waals surface area contributed by atoms with Crippen molar-refractivity contribution >= 4 is 0 Å². The van der Waals surface area contributed by atoms with E-state index in [0.717, 1.165) is 36.7 Å². The monoisotopic (exact) mass is 354 g/mol. The number of alkyl halides is 3. The summed E-state index contributed by atoms with van der Waals surface area (Å²) in [6.07, 6.45) is 7.84. The second-order valence-corrected chi connectivity index (χ2v) is 7.90. The Morgan fingerprint density at radius 3 is 2.44 bits per heavy atom. The molecule has 0 aliphatic heterocycles. The highest BCUT2D eigenvalue weighted by Gasteiger charge is 2.33. The molecule has 2 aliphatic carbocycles. The SMILES string of the molecule is CCCCC1CCC(C2CCc3cc(OC(F)(F)F)ccc3C2)CC1. The van der Waals surface area contributed by atoms with Crippen LogP contribution in [0, 0.1) is 17.8 Å². The van der Waals surface area contributed by atoms with Gasteiger partial charge in [-0.3, -0.25) is 0 Å². The molecule has 1 fully saturated rings. The third kappa shape index (κ3) is 5.15. The molecule has 1 unspecified atom stereocenters. The Morgan fingerprint density at radius 2 is 1.76 bits per heavy atom. The van der Waals surface area contributed by atoms with Crippen LogP contribution in [0.2, 0.25) is 0 Å². The molecule has 0 radical (unpaired) electrons. The predicted octanol–water partition coefficient (Wildman–Crippen LogP) is 6.69. The predicted molar refractivity (Wildman–Crippen MR) is 93.6 cm³/mol. The fraction of sp³-hybridized carbons (Fsp3) is 0.714. The molecule has 4 heteroatoms. The Labute approximate surface area is 149 Å².